The first-order chi connectivity index (χ1) is 15.4. The van der Waals surface area contributed by atoms with E-state index in [1.54, 1.807) is 41.6 Å². The van der Waals surface area contributed by atoms with Crippen LogP contribution in [0.2, 0.25) is 0 Å². The van der Waals surface area contributed by atoms with Gasteiger partial charge in [-0.15, -0.1) is 0 Å². The Bertz CT molecular complexity index is 1150. The van der Waals surface area contributed by atoms with Gasteiger partial charge < -0.3 is 4.90 Å². The molecule has 0 saturated carbocycles. The number of aryl methyl sites for hydroxylation is 1. The van der Waals surface area contributed by atoms with Crippen LogP contribution in [0.3, 0.4) is 0 Å². The lowest BCUT2D eigenvalue weighted by atomic mass is 10.1. The van der Waals surface area contributed by atoms with Gasteiger partial charge in [0, 0.05) is 24.6 Å². The van der Waals surface area contributed by atoms with Crippen molar-refractivity contribution in [1.29, 1.82) is 0 Å². The van der Waals surface area contributed by atoms with Crippen LogP contribution in [0.5, 0.6) is 0 Å². The minimum atomic E-state index is -3.54. The van der Waals surface area contributed by atoms with E-state index in [0.717, 1.165) is 23.4 Å². The van der Waals surface area contributed by atoms with Gasteiger partial charge in [0.25, 0.3) is 5.91 Å². The van der Waals surface area contributed by atoms with E-state index in [1.807, 2.05) is 44.2 Å². The summed E-state index contributed by atoms with van der Waals surface area (Å²) < 4.78 is 27.5. The molecule has 32 heavy (non-hydrogen) atoms. The maximum atomic E-state index is 13.6. The zero-order valence-corrected chi connectivity index (χ0v) is 19.2. The highest BCUT2D eigenvalue weighted by molar-refractivity contribution is 7.92. The zero-order valence-electron chi connectivity index (χ0n) is 18.4. The molecule has 2 heterocycles. The molecule has 0 spiro atoms. The number of para-hydroxylation sites is 1. The van der Waals surface area contributed by atoms with Crippen molar-refractivity contribution in [3.63, 3.8) is 0 Å². The second kappa shape index (κ2) is 10.9. The lowest BCUT2D eigenvalue weighted by Gasteiger charge is -2.24. The number of carbonyl (C=O) groups excluding carboxylic acids is 1. The molecule has 3 aromatic rings. The average molecular weight is 453 g/mol. The molecule has 0 saturated heterocycles. The number of hydrogen-bond acceptors (Lipinski definition) is 5. The topological polar surface area (TPSA) is 92.3 Å². The molecule has 8 heteroatoms. The predicted octanol–water partition coefficient (Wildman–Crippen LogP) is 4.17. The molecule has 0 fully saturated rings. The van der Waals surface area contributed by atoms with Crippen molar-refractivity contribution in [1.82, 2.24) is 14.9 Å². The molecule has 1 amide bonds. The molecule has 0 aliphatic carbocycles. The van der Waals surface area contributed by atoms with Gasteiger partial charge in [0.1, 0.15) is 0 Å². The van der Waals surface area contributed by atoms with Gasteiger partial charge >= 0.3 is 0 Å². The molecule has 0 radical (unpaired) electrons. The standard InChI is InChI=1S/C24H28N4O3S/c1-3-4-15-32(30,31)27-23-13-6-5-12-22(23)24(29)28(17-20-10-8-14-25-16-20)18-21-11-7-9-19(2)26-21/h5-14,16,27H,3-4,15,17-18H2,1-2H3. The fourth-order valence-corrected chi connectivity index (χ4v) is 4.56. The van der Waals surface area contributed by atoms with Gasteiger partial charge in [-0.2, -0.15) is 0 Å². The van der Waals surface area contributed by atoms with Crippen LogP contribution in [0.15, 0.2) is 67.0 Å². The third-order valence-corrected chi connectivity index (χ3v) is 6.23. The number of rotatable bonds is 10. The molecule has 0 unspecified atom stereocenters. The van der Waals surface area contributed by atoms with Crippen LogP contribution in [0, 0.1) is 6.92 Å². The highest BCUT2D eigenvalue weighted by Crippen LogP contribution is 2.21. The van der Waals surface area contributed by atoms with Gasteiger partial charge in [0.05, 0.1) is 29.2 Å². The number of anilines is 1. The van der Waals surface area contributed by atoms with E-state index in [4.69, 9.17) is 0 Å². The molecule has 2 aromatic heterocycles. The van der Waals surface area contributed by atoms with Gasteiger partial charge in [-0.25, -0.2) is 8.42 Å². The molecule has 1 N–H and O–H groups in total. The van der Waals surface area contributed by atoms with Crippen LogP contribution in [0.25, 0.3) is 0 Å². The Morgan fingerprint density at radius 3 is 2.56 bits per heavy atom. The fraction of sp³-hybridized carbons (Fsp3) is 0.292. The molecular formula is C24H28N4O3S. The summed E-state index contributed by atoms with van der Waals surface area (Å²) in [4.78, 5) is 23.9. The van der Waals surface area contributed by atoms with E-state index in [2.05, 4.69) is 14.7 Å². The lowest BCUT2D eigenvalue weighted by molar-refractivity contribution is 0.0728. The Balaban J connectivity index is 1.92. The average Bonchev–Trinajstić information content (AvgIpc) is 2.78. The van der Waals surface area contributed by atoms with Crippen LogP contribution in [-0.2, 0) is 23.1 Å². The van der Waals surface area contributed by atoms with E-state index in [1.165, 1.54) is 0 Å². The van der Waals surface area contributed by atoms with Gasteiger partial charge in [0.2, 0.25) is 10.0 Å². The smallest absolute Gasteiger partial charge is 0.256 e. The summed E-state index contributed by atoms with van der Waals surface area (Å²) in [5.74, 6) is -0.274. The zero-order chi connectivity index (χ0) is 23.0. The van der Waals surface area contributed by atoms with Gasteiger partial charge in [-0.3, -0.25) is 19.5 Å². The molecule has 0 bridgehead atoms. The number of unbranched alkanes of at least 4 members (excludes halogenated alkanes) is 1. The van der Waals surface area contributed by atoms with E-state index in [0.29, 0.717) is 18.5 Å². The van der Waals surface area contributed by atoms with Crippen LogP contribution < -0.4 is 4.72 Å². The summed E-state index contributed by atoms with van der Waals surface area (Å²) >= 11 is 0. The van der Waals surface area contributed by atoms with Gasteiger partial charge in [0.15, 0.2) is 0 Å². The number of sulfonamides is 1. The number of benzene rings is 1. The second-order valence-electron chi connectivity index (χ2n) is 7.61. The Morgan fingerprint density at radius 2 is 1.84 bits per heavy atom. The molecule has 0 atom stereocenters. The molecule has 168 valence electrons. The first-order valence-electron chi connectivity index (χ1n) is 10.6. The van der Waals surface area contributed by atoms with Crippen molar-refractivity contribution in [2.75, 3.05) is 10.5 Å². The molecule has 0 aliphatic rings. The number of nitrogens with zero attached hydrogens (tertiary/aromatic N) is 3. The van der Waals surface area contributed by atoms with Crippen molar-refractivity contribution in [2.45, 2.75) is 39.8 Å². The normalized spacial score (nSPS) is 11.2. The summed E-state index contributed by atoms with van der Waals surface area (Å²) in [6, 6.07) is 16.1. The summed E-state index contributed by atoms with van der Waals surface area (Å²) in [5, 5.41) is 0. The van der Waals surface area contributed by atoms with E-state index in [9.17, 15) is 13.2 Å². The first kappa shape index (κ1) is 23.4. The highest BCUT2D eigenvalue weighted by atomic mass is 32.2. The number of nitrogens with one attached hydrogen (secondary N) is 1. The Labute approximate surface area is 189 Å². The van der Waals surface area contributed by atoms with Crippen LogP contribution in [0.4, 0.5) is 5.69 Å². The quantitative estimate of drug-likeness (QED) is 0.498. The highest BCUT2D eigenvalue weighted by Gasteiger charge is 2.22. The third kappa shape index (κ3) is 6.62. The number of hydrogen-bond donors (Lipinski definition) is 1. The molecule has 0 aliphatic heterocycles. The SMILES string of the molecule is CCCCS(=O)(=O)Nc1ccccc1C(=O)N(Cc1cccnc1)Cc1cccc(C)n1. The van der Waals surface area contributed by atoms with Crippen molar-refractivity contribution in [3.8, 4) is 0 Å². The fourth-order valence-electron chi connectivity index (χ4n) is 3.28. The van der Waals surface area contributed by atoms with Crippen molar-refractivity contribution in [2.24, 2.45) is 0 Å². The van der Waals surface area contributed by atoms with E-state index in [-0.39, 0.29) is 23.9 Å². The first-order valence-corrected chi connectivity index (χ1v) is 12.2. The maximum absolute atomic E-state index is 13.6. The van der Waals surface area contributed by atoms with Gasteiger partial charge in [-0.1, -0.05) is 37.6 Å². The van der Waals surface area contributed by atoms with E-state index >= 15 is 0 Å². The van der Waals surface area contributed by atoms with Gasteiger partial charge in [-0.05, 0) is 49.2 Å². The van der Waals surface area contributed by atoms with Crippen molar-refractivity contribution >= 4 is 21.6 Å². The van der Waals surface area contributed by atoms with Crippen molar-refractivity contribution < 1.29 is 13.2 Å². The molecule has 1 aromatic carbocycles. The summed E-state index contributed by atoms with van der Waals surface area (Å²) in [6.45, 7) is 4.44. The third-order valence-electron chi connectivity index (χ3n) is 4.87. The maximum Gasteiger partial charge on any atom is 0.256 e. The predicted molar refractivity (Wildman–Crippen MR) is 126 cm³/mol. The number of carbonyl (C=O) groups is 1. The summed E-state index contributed by atoms with van der Waals surface area (Å²) in [7, 11) is -3.54. The van der Waals surface area contributed by atoms with Crippen LogP contribution in [0.1, 0.15) is 47.1 Å². The van der Waals surface area contributed by atoms with Crippen molar-refractivity contribution in [3.05, 3.63) is 89.5 Å². The Morgan fingerprint density at radius 1 is 1.03 bits per heavy atom. The Hall–Kier alpha value is -3.26. The number of amides is 1. The van der Waals surface area contributed by atoms with Crippen LogP contribution in [-0.4, -0.2) is 34.9 Å². The minimum absolute atomic E-state index is 0.0125. The molecule has 7 nitrogen and oxygen atoms in total. The molecule has 3 rings (SSSR count). The summed E-state index contributed by atoms with van der Waals surface area (Å²) in [6.07, 6.45) is 4.71. The number of pyridine rings is 2. The lowest BCUT2D eigenvalue weighted by Crippen LogP contribution is -2.31. The summed E-state index contributed by atoms with van der Waals surface area (Å²) in [5.41, 5.74) is 3.06. The minimum Gasteiger partial charge on any atom is -0.328 e. The second-order valence-corrected chi connectivity index (χ2v) is 9.45. The Kier molecular flexibility index (Phi) is 7.94. The van der Waals surface area contributed by atoms with E-state index < -0.39 is 10.0 Å². The van der Waals surface area contributed by atoms with Crippen LogP contribution >= 0.6 is 0 Å². The monoisotopic (exact) mass is 452 g/mol. The molecular weight excluding hydrogens is 424 g/mol. The number of aromatic nitrogens is 2. The largest absolute Gasteiger partial charge is 0.328 e.